The van der Waals surface area contributed by atoms with Crippen LogP contribution in [0.5, 0.6) is 11.6 Å². The van der Waals surface area contributed by atoms with Crippen LogP contribution in [0.25, 0.3) is 32.9 Å². The number of nitrogen functional groups attached to an aromatic ring is 1. The molecule has 0 bridgehead atoms. The molecule has 2 aromatic carbocycles. The summed E-state index contributed by atoms with van der Waals surface area (Å²) in [6.45, 7) is 4.06. The second-order valence-electron chi connectivity index (χ2n) is 6.92. The van der Waals surface area contributed by atoms with E-state index in [1.807, 2.05) is 19.9 Å². The van der Waals surface area contributed by atoms with Crippen molar-refractivity contribution in [1.82, 2.24) is 9.55 Å². The zero-order valence-corrected chi connectivity index (χ0v) is 16.0. The van der Waals surface area contributed by atoms with Crippen LogP contribution in [-0.4, -0.2) is 21.8 Å². The smallest absolute Gasteiger partial charge is 0.203 e. The molecule has 3 N–H and O–H groups in total. The van der Waals surface area contributed by atoms with Gasteiger partial charge in [-0.25, -0.2) is 9.37 Å². The predicted octanol–water partition coefficient (Wildman–Crippen LogP) is 5.26. The molecule has 0 saturated heterocycles. The molecule has 2 heterocycles. The van der Waals surface area contributed by atoms with Crippen LogP contribution in [0.1, 0.15) is 26.3 Å². The Hall–Kier alpha value is -3.28. The number of benzene rings is 2. The van der Waals surface area contributed by atoms with Crippen molar-refractivity contribution in [3.8, 4) is 22.8 Å². The van der Waals surface area contributed by atoms with Crippen LogP contribution >= 0.6 is 0 Å². The number of nitrogens with two attached hydrogens (primary N) is 1. The summed E-state index contributed by atoms with van der Waals surface area (Å²) in [5.41, 5.74) is 8.93. The van der Waals surface area contributed by atoms with E-state index >= 15 is 0 Å². The summed E-state index contributed by atoms with van der Waals surface area (Å²) in [5, 5.41) is 11.9. The number of nitrogens with zero attached hydrogens (tertiary/aromatic N) is 2. The van der Waals surface area contributed by atoms with E-state index in [9.17, 15) is 9.50 Å². The van der Waals surface area contributed by atoms with Crippen molar-refractivity contribution >= 4 is 27.5 Å². The lowest BCUT2D eigenvalue weighted by Gasteiger charge is -2.13. The number of anilines is 1. The second kappa shape index (κ2) is 6.71. The molecule has 0 spiro atoms. The van der Waals surface area contributed by atoms with Crippen LogP contribution in [-0.2, 0) is 0 Å². The first-order valence-electron chi connectivity index (χ1n) is 9.22. The normalized spacial score (nSPS) is 12.6. The number of halogens is 1. The molecule has 5 nitrogen and oxygen atoms in total. The van der Waals surface area contributed by atoms with Gasteiger partial charge in [0.15, 0.2) is 0 Å². The van der Waals surface area contributed by atoms with E-state index in [-0.39, 0.29) is 11.9 Å². The zero-order chi connectivity index (χ0) is 20.0. The maximum absolute atomic E-state index is 14.7. The van der Waals surface area contributed by atoms with Crippen LogP contribution in [0.4, 0.5) is 10.1 Å². The lowest BCUT2D eigenvalue weighted by molar-refractivity contribution is 0.391. The Morgan fingerprint density at radius 2 is 2.00 bits per heavy atom. The van der Waals surface area contributed by atoms with E-state index in [2.05, 4.69) is 0 Å². The quantitative estimate of drug-likeness (QED) is 0.507. The van der Waals surface area contributed by atoms with Crippen LogP contribution < -0.4 is 10.5 Å². The average Bonchev–Trinajstić information content (AvgIpc) is 3.04. The molecule has 0 radical (unpaired) electrons. The third-order valence-corrected chi connectivity index (χ3v) is 5.34. The van der Waals surface area contributed by atoms with E-state index in [0.29, 0.717) is 44.4 Å². The lowest BCUT2D eigenvalue weighted by atomic mass is 9.99. The minimum atomic E-state index is -0.396. The number of para-hydroxylation sites is 1. The van der Waals surface area contributed by atoms with Crippen LogP contribution in [0.15, 0.2) is 42.6 Å². The van der Waals surface area contributed by atoms with Gasteiger partial charge in [-0.05, 0) is 25.5 Å². The number of pyridine rings is 1. The van der Waals surface area contributed by atoms with Gasteiger partial charge in [0, 0.05) is 23.2 Å². The van der Waals surface area contributed by atoms with Crippen LogP contribution in [0.2, 0.25) is 0 Å². The van der Waals surface area contributed by atoms with Crippen LogP contribution in [0, 0.1) is 5.82 Å². The van der Waals surface area contributed by atoms with Gasteiger partial charge in [-0.3, -0.25) is 0 Å². The zero-order valence-electron chi connectivity index (χ0n) is 16.0. The monoisotopic (exact) mass is 379 g/mol. The highest BCUT2D eigenvalue weighted by Crippen LogP contribution is 2.42. The van der Waals surface area contributed by atoms with Gasteiger partial charge in [0.2, 0.25) is 5.88 Å². The molecule has 0 aliphatic heterocycles. The first-order valence-corrected chi connectivity index (χ1v) is 9.22. The van der Waals surface area contributed by atoms with Gasteiger partial charge in [-0.1, -0.05) is 31.2 Å². The second-order valence-corrected chi connectivity index (χ2v) is 6.92. The third-order valence-electron chi connectivity index (χ3n) is 5.34. The van der Waals surface area contributed by atoms with Gasteiger partial charge in [-0.2, -0.15) is 0 Å². The summed E-state index contributed by atoms with van der Waals surface area (Å²) >= 11 is 0. The van der Waals surface area contributed by atoms with Crippen molar-refractivity contribution < 1.29 is 14.2 Å². The Morgan fingerprint density at radius 3 is 2.71 bits per heavy atom. The minimum Gasteiger partial charge on any atom is -0.496 e. The highest BCUT2D eigenvalue weighted by atomic mass is 19.1. The van der Waals surface area contributed by atoms with Gasteiger partial charge >= 0.3 is 0 Å². The van der Waals surface area contributed by atoms with Gasteiger partial charge in [0.25, 0.3) is 0 Å². The molecule has 1 unspecified atom stereocenters. The van der Waals surface area contributed by atoms with E-state index in [1.165, 1.54) is 13.2 Å². The fraction of sp³-hybridized carbons (Fsp3) is 0.227. The number of aromatic nitrogens is 2. The van der Waals surface area contributed by atoms with Crippen molar-refractivity contribution in [2.24, 2.45) is 0 Å². The summed E-state index contributed by atoms with van der Waals surface area (Å²) in [4.78, 5) is 4.75. The number of fused-ring (bicyclic) bond motifs is 2. The summed E-state index contributed by atoms with van der Waals surface area (Å²) in [6.07, 6.45) is 2.65. The lowest BCUT2D eigenvalue weighted by Crippen LogP contribution is -2.00. The summed E-state index contributed by atoms with van der Waals surface area (Å²) in [5.74, 6) is 0.130. The van der Waals surface area contributed by atoms with E-state index in [1.54, 1.807) is 35.0 Å². The number of hydrogen-bond donors (Lipinski definition) is 2. The summed E-state index contributed by atoms with van der Waals surface area (Å²) in [6, 6.07) is 10.2. The molecule has 4 rings (SSSR count). The molecular formula is C22H22FN3O2. The maximum atomic E-state index is 14.7. The highest BCUT2D eigenvalue weighted by Gasteiger charge is 2.21. The predicted molar refractivity (Wildman–Crippen MR) is 110 cm³/mol. The van der Waals surface area contributed by atoms with Gasteiger partial charge < -0.3 is 20.1 Å². The van der Waals surface area contributed by atoms with Crippen molar-refractivity contribution in [1.29, 1.82) is 0 Å². The molecule has 0 amide bonds. The fourth-order valence-electron chi connectivity index (χ4n) is 3.65. The largest absolute Gasteiger partial charge is 0.496 e. The Kier molecular flexibility index (Phi) is 4.34. The molecule has 28 heavy (non-hydrogen) atoms. The minimum absolute atomic E-state index is 0.0999. The number of hydrogen-bond acceptors (Lipinski definition) is 4. The summed E-state index contributed by atoms with van der Waals surface area (Å²) < 4.78 is 21.8. The molecular weight excluding hydrogens is 357 g/mol. The standard InChI is InChI=1S/C22H22FN3O2/c1-4-12(2)26-11-16-19(22(26)27)20(24)14-8-5-7-13(21(14)25-16)18-15(23)9-6-10-17(18)28-3/h5-12,27H,4,24H2,1-3H3. The first kappa shape index (κ1) is 18.1. The molecule has 1 atom stereocenters. The van der Waals surface area contributed by atoms with Crippen molar-refractivity contribution in [3.05, 3.63) is 48.4 Å². The first-order chi connectivity index (χ1) is 13.5. The topological polar surface area (TPSA) is 73.3 Å². The van der Waals surface area contributed by atoms with E-state index in [0.717, 1.165) is 6.42 Å². The number of ether oxygens (including phenoxy) is 1. The molecule has 0 fully saturated rings. The maximum Gasteiger partial charge on any atom is 0.203 e. The summed E-state index contributed by atoms with van der Waals surface area (Å²) in [7, 11) is 1.51. The Labute approximate surface area is 162 Å². The molecule has 4 aromatic rings. The molecule has 0 aliphatic rings. The number of rotatable bonds is 4. The molecule has 144 valence electrons. The fourth-order valence-corrected chi connectivity index (χ4v) is 3.65. The van der Waals surface area contributed by atoms with Crippen molar-refractivity contribution in [2.75, 3.05) is 12.8 Å². The van der Waals surface area contributed by atoms with Gasteiger partial charge in [0.1, 0.15) is 11.6 Å². The van der Waals surface area contributed by atoms with Crippen molar-refractivity contribution in [2.45, 2.75) is 26.3 Å². The Bertz CT molecular complexity index is 1200. The van der Waals surface area contributed by atoms with Gasteiger partial charge in [-0.15, -0.1) is 0 Å². The van der Waals surface area contributed by atoms with E-state index in [4.69, 9.17) is 15.5 Å². The van der Waals surface area contributed by atoms with Crippen LogP contribution in [0.3, 0.4) is 0 Å². The highest BCUT2D eigenvalue weighted by molar-refractivity contribution is 6.12. The van der Waals surface area contributed by atoms with E-state index < -0.39 is 5.82 Å². The third kappa shape index (κ3) is 2.56. The SMILES string of the molecule is CCC(C)n1cc2nc3c(-c4c(F)cccc4OC)cccc3c(N)c2c1O. The Balaban J connectivity index is 2.09. The number of methoxy groups -OCH3 is 1. The molecule has 2 aromatic heterocycles. The van der Waals surface area contributed by atoms with Crippen molar-refractivity contribution in [3.63, 3.8) is 0 Å². The number of aromatic hydroxyl groups is 1. The molecule has 0 saturated carbocycles. The Morgan fingerprint density at radius 1 is 1.25 bits per heavy atom. The van der Waals surface area contributed by atoms with Gasteiger partial charge in [0.05, 0.1) is 34.8 Å². The molecule has 0 aliphatic carbocycles. The molecule has 6 heteroatoms. The average molecular weight is 379 g/mol.